The molecule has 1 rings (SSSR count). The predicted octanol–water partition coefficient (Wildman–Crippen LogP) is 1.80. The van der Waals surface area contributed by atoms with Gasteiger partial charge >= 0.3 is 6.09 Å². The van der Waals surface area contributed by atoms with Crippen LogP contribution in [-0.2, 0) is 9.53 Å². The predicted molar refractivity (Wildman–Crippen MR) is 68.9 cm³/mol. The number of amides is 2. The van der Waals surface area contributed by atoms with E-state index in [1.165, 1.54) is 0 Å². The summed E-state index contributed by atoms with van der Waals surface area (Å²) in [4.78, 5) is 23.3. The number of nitrogens with one attached hydrogen (secondary N) is 1. The molecule has 0 aromatic rings. The molecule has 1 fully saturated rings. The third-order valence-electron chi connectivity index (χ3n) is 3.18. The number of carbonyl (C=O) groups is 2. The molecule has 3 N–H and O–H groups in total. The van der Waals surface area contributed by atoms with Crippen molar-refractivity contribution in [3.8, 4) is 0 Å². The largest absolute Gasteiger partial charge is 0.444 e. The lowest BCUT2D eigenvalue weighted by molar-refractivity contribution is -0.125. The highest BCUT2D eigenvalue weighted by atomic mass is 16.6. The molecular formula is C13H24N2O3. The maximum Gasteiger partial charge on any atom is 0.414 e. The Balaban J connectivity index is 2.35. The van der Waals surface area contributed by atoms with Crippen LogP contribution in [0.5, 0.6) is 0 Å². The zero-order valence-corrected chi connectivity index (χ0v) is 11.5. The Morgan fingerprint density at radius 3 is 2.22 bits per heavy atom. The fourth-order valence-corrected chi connectivity index (χ4v) is 2.17. The average Bonchev–Trinajstić information content (AvgIpc) is 2.26. The second-order valence-corrected chi connectivity index (χ2v) is 5.94. The van der Waals surface area contributed by atoms with Crippen LogP contribution < -0.4 is 11.1 Å². The first-order valence-electron chi connectivity index (χ1n) is 6.55. The van der Waals surface area contributed by atoms with Gasteiger partial charge < -0.3 is 10.5 Å². The molecule has 0 unspecified atom stereocenters. The first-order chi connectivity index (χ1) is 8.31. The van der Waals surface area contributed by atoms with Crippen molar-refractivity contribution in [2.45, 2.75) is 52.1 Å². The number of carbonyl (C=O) groups excluding carboxylic acids is 2. The van der Waals surface area contributed by atoms with Crippen LogP contribution in [0.1, 0.15) is 46.5 Å². The first-order valence-corrected chi connectivity index (χ1v) is 6.55. The molecule has 0 bridgehead atoms. The minimum absolute atomic E-state index is 0.0830. The Bertz CT molecular complexity index is 302. The van der Waals surface area contributed by atoms with Crippen LogP contribution in [0.2, 0.25) is 0 Å². The van der Waals surface area contributed by atoms with Crippen LogP contribution in [0.15, 0.2) is 0 Å². The summed E-state index contributed by atoms with van der Waals surface area (Å²) < 4.78 is 5.05. The second-order valence-electron chi connectivity index (χ2n) is 5.94. The molecule has 1 aliphatic carbocycles. The highest BCUT2D eigenvalue weighted by molar-refractivity contribution is 5.93. The molecule has 0 aromatic heterocycles. The summed E-state index contributed by atoms with van der Waals surface area (Å²) in [7, 11) is 0. The maximum atomic E-state index is 11.8. The summed E-state index contributed by atoms with van der Waals surface area (Å²) in [5.41, 5.74) is 5.02. The minimum atomic E-state index is -0.659. The Labute approximate surface area is 108 Å². The molecule has 0 heterocycles. The zero-order valence-electron chi connectivity index (χ0n) is 11.5. The highest BCUT2D eigenvalue weighted by Crippen LogP contribution is 2.28. The van der Waals surface area contributed by atoms with Gasteiger partial charge in [-0.15, -0.1) is 0 Å². The monoisotopic (exact) mass is 256 g/mol. The van der Waals surface area contributed by atoms with Crippen LogP contribution in [-0.4, -0.2) is 24.1 Å². The number of nitrogens with two attached hydrogens (primary N) is 1. The Hall–Kier alpha value is -1.10. The van der Waals surface area contributed by atoms with Crippen LogP contribution in [0.4, 0.5) is 4.79 Å². The van der Waals surface area contributed by atoms with Gasteiger partial charge in [0.2, 0.25) is 5.91 Å². The summed E-state index contributed by atoms with van der Waals surface area (Å²) in [5, 5.41) is 2.31. The third-order valence-corrected chi connectivity index (χ3v) is 3.18. The van der Waals surface area contributed by atoms with Gasteiger partial charge in [0.05, 0.1) is 0 Å². The van der Waals surface area contributed by atoms with Crippen molar-refractivity contribution in [3.05, 3.63) is 0 Å². The van der Waals surface area contributed by atoms with E-state index in [9.17, 15) is 9.59 Å². The van der Waals surface area contributed by atoms with Gasteiger partial charge in [-0.2, -0.15) is 0 Å². The average molecular weight is 256 g/mol. The van der Waals surface area contributed by atoms with Crippen molar-refractivity contribution in [2.24, 2.45) is 17.6 Å². The molecule has 104 valence electrons. The van der Waals surface area contributed by atoms with Crippen molar-refractivity contribution in [3.63, 3.8) is 0 Å². The standard InChI is InChI=1S/C13H24N2O3/c1-13(2,3)18-12(17)15-11(16)10-6-4-9(8-14)5-7-10/h9-10H,4-8,14H2,1-3H3,(H,15,16,17). The number of imide groups is 1. The van der Waals surface area contributed by atoms with Crippen molar-refractivity contribution < 1.29 is 14.3 Å². The van der Waals surface area contributed by atoms with Gasteiger partial charge in [-0.25, -0.2) is 4.79 Å². The zero-order chi connectivity index (χ0) is 13.8. The number of alkyl carbamates (subject to hydrolysis) is 1. The minimum Gasteiger partial charge on any atom is -0.444 e. The number of ether oxygens (including phenoxy) is 1. The fraction of sp³-hybridized carbons (Fsp3) is 0.846. The van der Waals surface area contributed by atoms with Crippen LogP contribution in [0, 0.1) is 11.8 Å². The summed E-state index contributed by atoms with van der Waals surface area (Å²) >= 11 is 0. The Kier molecular flexibility index (Phi) is 5.14. The van der Waals surface area contributed by atoms with Crippen LogP contribution in [0.25, 0.3) is 0 Å². The van der Waals surface area contributed by atoms with Crippen molar-refractivity contribution in [2.75, 3.05) is 6.54 Å². The van der Waals surface area contributed by atoms with Gasteiger partial charge in [-0.05, 0) is 58.9 Å². The topological polar surface area (TPSA) is 81.4 Å². The molecule has 0 aromatic carbocycles. The number of hydrogen-bond acceptors (Lipinski definition) is 4. The summed E-state index contributed by atoms with van der Waals surface area (Å²) in [6.07, 6.45) is 2.87. The molecule has 2 amide bonds. The molecule has 1 aliphatic rings. The molecule has 5 nitrogen and oxygen atoms in total. The van der Waals surface area contributed by atoms with Gasteiger partial charge in [-0.3, -0.25) is 10.1 Å². The molecule has 1 saturated carbocycles. The maximum absolute atomic E-state index is 11.8. The fourth-order valence-electron chi connectivity index (χ4n) is 2.17. The van der Waals surface area contributed by atoms with Gasteiger partial charge in [-0.1, -0.05) is 0 Å². The highest BCUT2D eigenvalue weighted by Gasteiger charge is 2.27. The molecule has 0 radical (unpaired) electrons. The summed E-state index contributed by atoms with van der Waals surface area (Å²) in [6, 6.07) is 0. The van der Waals surface area contributed by atoms with Crippen molar-refractivity contribution in [1.82, 2.24) is 5.32 Å². The van der Waals surface area contributed by atoms with E-state index in [1.807, 2.05) is 0 Å². The van der Waals surface area contributed by atoms with Gasteiger partial charge in [0.1, 0.15) is 5.60 Å². The summed E-state index contributed by atoms with van der Waals surface area (Å²) in [6.45, 7) is 5.98. The lowest BCUT2D eigenvalue weighted by atomic mass is 9.82. The molecule has 5 heteroatoms. The van der Waals surface area contributed by atoms with E-state index in [1.54, 1.807) is 20.8 Å². The first kappa shape index (κ1) is 15.0. The number of rotatable bonds is 2. The SMILES string of the molecule is CC(C)(C)OC(=O)NC(=O)C1CCC(CN)CC1. The smallest absolute Gasteiger partial charge is 0.414 e. The quantitative estimate of drug-likeness (QED) is 0.789. The van der Waals surface area contributed by atoms with E-state index in [2.05, 4.69) is 5.32 Å². The van der Waals surface area contributed by atoms with Gasteiger partial charge in [0, 0.05) is 5.92 Å². The number of hydrogen-bond donors (Lipinski definition) is 2. The normalized spacial score (nSPS) is 24.4. The Morgan fingerprint density at radius 2 is 1.78 bits per heavy atom. The van der Waals surface area contributed by atoms with E-state index in [4.69, 9.17) is 10.5 Å². The lowest BCUT2D eigenvalue weighted by Gasteiger charge is -2.27. The van der Waals surface area contributed by atoms with E-state index in [0.717, 1.165) is 25.7 Å². The molecule has 0 spiro atoms. The summed E-state index contributed by atoms with van der Waals surface area (Å²) in [5.74, 6) is 0.218. The molecule has 18 heavy (non-hydrogen) atoms. The van der Waals surface area contributed by atoms with E-state index < -0.39 is 11.7 Å². The molecule has 0 saturated heterocycles. The van der Waals surface area contributed by atoms with E-state index in [-0.39, 0.29) is 11.8 Å². The van der Waals surface area contributed by atoms with E-state index in [0.29, 0.717) is 12.5 Å². The third kappa shape index (κ3) is 5.04. The Morgan fingerprint density at radius 1 is 1.22 bits per heavy atom. The van der Waals surface area contributed by atoms with Crippen LogP contribution in [0.3, 0.4) is 0 Å². The molecule has 0 atom stereocenters. The van der Waals surface area contributed by atoms with Gasteiger partial charge in [0.15, 0.2) is 0 Å². The lowest BCUT2D eigenvalue weighted by Crippen LogP contribution is -2.40. The second kappa shape index (κ2) is 6.18. The van der Waals surface area contributed by atoms with Crippen molar-refractivity contribution >= 4 is 12.0 Å². The van der Waals surface area contributed by atoms with Crippen molar-refractivity contribution in [1.29, 1.82) is 0 Å². The van der Waals surface area contributed by atoms with Gasteiger partial charge in [0.25, 0.3) is 0 Å². The van der Waals surface area contributed by atoms with E-state index >= 15 is 0 Å². The molecular weight excluding hydrogens is 232 g/mol. The molecule has 0 aliphatic heterocycles. The van der Waals surface area contributed by atoms with Crippen LogP contribution >= 0.6 is 0 Å².